The highest BCUT2D eigenvalue weighted by Gasteiger charge is 2.35. The second kappa shape index (κ2) is 5.90. The molecule has 2 aromatic rings. The normalized spacial score (nSPS) is 12.1. The fourth-order valence-corrected chi connectivity index (χ4v) is 1.88. The molecule has 122 valence electrons. The van der Waals surface area contributed by atoms with E-state index in [4.69, 9.17) is 0 Å². The standard InChI is InChI=1S/C14H7F6NO2/c15-13(16,17)11-5-6-21-12(10(11)7-22)8-1-3-9(4-2-8)23-14(18,19)20/h1-7H. The van der Waals surface area contributed by atoms with Crippen LogP contribution in [-0.2, 0) is 6.18 Å². The van der Waals surface area contributed by atoms with Crippen LogP contribution in [0.25, 0.3) is 11.3 Å². The Balaban J connectivity index is 2.45. The molecule has 0 aliphatic rings. The van der Waals surface area contributed by atoms with Crippen molar-refractivity contribution in [2.45, 2.75) is 12.5 Å². The van der Waals surface area contributed by atoms with Gasteiger partial charge in [0.25, 0.3) is 0 Å². The number of carbonyl (C=O) groups is 1. The molecule has 0 saturated carbocycles. The molecule has 1 aromatic carbocycles. The molecule has 0 fully saturated rings. The molecule has 0 N–H and O–H groups in total. The second-order valence-electron chi connectivity index (χ2n) is 4.31. The first-order valence-electron chi connectivity index (χ1n) is 5.99. The van der Waals surface area contributed by atoms with Crippen molar-refractivity contribution < 1.29 is 35.9 Å². The van der Waals surface area contributed by atoms with Crippen molar-refractivity contribution in [2.75, 3.05) is 0 Å². The van der Waals surface area contributed by atoms with E-state index in [1.807, 2.05) is 0 Å². The fraction of sp³-hybridized carbons (Fsp3) is 0.143. The molecule has 0 saturated heterocycles. The predicted molar refractivity (Wildman–Crippen MR) is 66.7 cm³/mol. The quantitative estimate of drug-likeness (QED) is 0.613. The summed E-state index contributed by atoms with van der Waals surface area (Å²) in [4.78, 5) is 14.7. The Hall–Kier alpha value is -2.58. The summed E-state index contributed by atoms with van der Waals surface area (Å²) in [6.45, 7) is 0. The van der Waals surface area contributed by atoms with Gasteiger partial charge in [0.2, 0.25) is 0 Å². The average Bonchev–Trinajstić information content (AvgIpc) is 2.44. The summed E-state index contributed by atoms with van der Waals surface area (Å²) in [5, 5.41) is 0. The Morgan fingerprint density at radius 2 is 1.57 bits per heavy atom. The minimum atomic E-state index is -4.88. The van der Waals surface area contributed by atoms with Crippen molar-refractivity contribution in [1.82, 2.24) is 4.98 Å². The van der Waals surface area contributed by atoms with E-state index in [9.17, 15) is 31.1 Å². The van der Waals surface area contributed by atoms with E-state index in [2.05, 4.69) is 9.72 Å². The van der Waals surface area contributed by atoms with Crippen LogP contribution in [0.2, 0.25) is 0 Å². The van der Waals surface area contributed by atoms with Crippen molar-refractivity contribution in [3.05, 3.63) is 47.7 Å². The van der Waals surface area contributed by atoms with Crippen LogP contribution in [0, 0.1) is 0 Å². The Morgan fingerprint density at radius 3 is 2.04 bits per heavy atom. The predicted octanol–water partition coefficient (Wildman–Crippen LogP) is 4.48. The molecule has 1 aromatic heterocycles. The molecule has 0 bridgehead atoms. The van der Waals surface area contributed by atoms with E-state index in [0.29, 0.717) is 6.07 Å². The van der Waals surface area contributed by atoms with E-state index in [1.54, 1.807) is 0 Å². The smallest absolute Gasteiger partial charge is 0.406 e. The van der Waals surface area contributed by atoms with Crippen LogP contribution < -0.4 is 4.74 Å². The van der Waals surface area contributed by atoms with Gasteiger partial charge >= 0.3 is 12.5 Å². The Bertz CT molecular complexity index is 707. The molecule has 2 rings (SSSR count). The van der Waals surface area contributed by atoms with Gasteiger partial charge in [0.1, 0.15) is 5.75 Å². The summed E-state index contributed by atoms with van der Waals surface area (Å²) in [6, 6.07) is 4.64. The van der Waals surface area contributed by atoms with Crippen LogP contribution in [0.5, 0.6) is 5.75 Å². The van der Waals surface area contributed by atoms with Crippen molar-refractivity contribution in [2.24, 2.45) is 0 Å². The van der Waals surface area contributed by atoms with E-state index < -0.39 is 29.4 Å². The fourth-order valence-electron chi connectivity index (χ4n) is 1.88. The highest BCUT2D eigenvalue weighted by atomic mass is 19.4. The zero-order chi connectivity index (χ0) is 17.3. The zero-order valence-corrected chi connectivity index (χ0v) is 11.1. The highest BCUT2D eigenvalue weighted by molar-refractivity contribution is 5.87. The molecular weight excluding hydrogens is 328 g/mol. The van der Waals surface area contributed by atoms with Gasteiger partial charge in [-0.25, -0.2) is 0 Å². The highest BCUT2D eigenvalue weighted by Crippen LogP contribution is 2.35. The number of carbonyl (C=O) groups excluding carboxylic acids is 1. The molecule has 0 radical (unpaired) electrons. The van der Waals surface area contributed by atoms with Crippen LogP contribution in [0.4, 0.5) is 26.3 Å². The molecular formula is C14H7F6NO2. The maximum atomic E-state index is 12.8. The summed E-state index contributed by atoms with van der Waals surface area (Å²) in [7, 11) is 0. The lowest BCUT2D eigenvalue weighted by Gasteiger charge is -2.13. The van der Waals surface area contributed by atoms with Crippen molar-refractivity contribution in [3.8, 4) is 17.0 Å². The van der Waals surface area contributed by atoms with Crippen LogP contribution in [0.15, 0.2) is 36.5 Å². The Kier molecular flexibility index (Phi) is 4.31. The van der Waals surface area contributed by atoms with Gasteiger partial charge in [-0.2, -0.15) is 13.2 Å². The number of nitrogens with zero attached hydrogens (tertiary/aromatic N) is 1. The number of hydrogen-bond donors (Lipinski definition) is 0. The molecule has 0 aliphatic heterocycles. The van der Waals surface area contributed by atoms with Gasteiger partial charge in [-0.05, 0) is 30.3 Å². The third-order valence-electron chi connectivity index (χ3n) is 2.77. The van der Waals surface area contributed by atoms with E-state index >= 15 is 0 Å². The van der Waals surface area contributed by atoms with Crippen LogP contribution in [0.3, 0.4) is 0 Å². The van der Waals surface area contributed by atoms with Gasteiger partial charge in [0.15, 0.2) is 6.29 Å². The number of aldehydes is 1. The topological polar surface area (TPSA) is 39.2 Å². The summed E-state index contributed by atoms with van der Waals surface area (Å²) < 4.78 is 78.4. The van der Waals surface area contributed by atoms with E-state index in [0.717, 1.165) is 30.5 Å². The summed E-state index contributed by atoms with van der Waals surface area (Å²) in [5.41, 5.74) is -2.10. The lowest BCUT2D eigenvalue weighted by Crippen LogP contribution is -2.17. The van der Waals surface area contributed by atoms with E-state index in [-0.39, 0.29) is 17.5 Å². The van der Waals surface area contributed by atoms with Gasteiger partial charge in [-0.1, -0.05) is 0 Å². The number of aromatic nitrogens is 1. The lowest BCUT2D eigenvalue weighted by molar-refractivity contribution is -0.274. The minimum absolute atomic E-state index is 0.00524. The second-order valence-corrected chi connectivity index (χ2v) is 4.31. The molecule has 9 heteroatoms. The van der Waals surface area contributed by atoms with Crippen LogP contribution >= 0.6 is 0 Å². The van der Waals surface area contributed by atoms with Crippen LogP contribution in [-0.4, -0.2) is 17.6 Å². The number of alkyl halides is 6. The number of pyridine rings is 1. The number of ether oxygens (including phenoxy) is 1. The van der Waals surface area contributed by atoms with Gasteiger partial charge < -0.3 is 4.74 Å². The monoisotopic (exact) mass is 335 g/mol. The number of hydrogen-bond acceptors (Lipinski definition) is 3. The molecule has 0 atom stereocenters. The van der Waals surface area contributed by atoms with Gasteiger partial charge in [-0.3, -0.25) is 9.78 Å². The van der Waals surface area contributed by atoms with Crippen molar-refractivity contribution >= 4 is 6.29 Å². The minimum Gasteiger partial charge on any atom is -0.406 e. The van der Waals surface area contributed by atoms with E-state index in [1.165, 1.54) is 0 Å². The summed E-state index contributed by atoms with van der Waals surface area (Å²) in [5.74, 6) is -0.541. The molecule has 3 nitrogen and oxygen atoms in total. The molecule has 0 amide bonds. The first-order chi connectivity index (χ1) is 10.6. The molecule has 0 aliphatic carbocycles. The maximum Gasteiger partial charge on any atom is 0.573 e. The molecule has 0 spiro atoms. The number of benzene rings is 1. The van der Waals surface area contributed by atoms with Crippen molar-refractivity contribution in [3.63, 3.8) is 0 Å². The van der Waals surface area contributed by atoms with Gasteiger partial charge in [0.05, 0.1) is 16.8 Å². The van der Waals surface area contributed by atoms with Gasteiger partial charge in [-0.15, -0.1) is 13.2 Å². The SMILES string of the molecule is O=Cc1c(C(F)(F)F)ccnc1-c1ccc(OC(F)(F)F)cc1. The number of halogens is 6. The third kappa shape index (κ3) is 3.99. The average molecular weight is 335 g/mol. The first-order valence-corrected chi connectivity index (χ1v) is 5.99. The summed E-state index contributed by atoms with van der Waals surface area (Å²) in [6.07, 6.45) is -8.77. The Morgan fingerprint density at radius 1 is 0.957 bits per heavy atom. The van der Waals surface area contributed by atoms with Gasteiger partial charge in [0, 0.05) is 11.8 Å². The zero-order valence-electron chi connectivity index (χ0n) is 11.1. The van der Waals surface area contributed by atoms with Crippen LogP contribution in [0.1, 0.15) is 15.9 Å². The first kappa shape index (κ1) is 16.8. The van der Waals surface area contributed by atoms with Crippen molar-refractivity contribution in [1.29, 1.82) is 0 Å². The largest absolute Gasteiger partial charge is 0.573 e. The summed E-state index contributed by atoms with van der Waals surface area (Å²) >= 11 is 0. The Labute approximate surface area is 125 Å². The lowest BCUT2D eigenvalue weighted by atomic mass is 10.0. The maximum absolute atomic E-state index is 12.8. The molecule has 1 heterocycles. The number of rotatable bonds is 3. The third-order valence-corrected chi connectivity index (χ3v) is 2.77. The molecule has 23 heavy (non-hydrogen) atoms. The molecule has 0 unspecified atom stereocenters.